The molecule has 6 nitrogen and oxygen atoms in total. The van der Waals surface area contributed by atoms with Crippen molar-refractivity contribution in [3.05, 3.63) is 71.9 Å². The molecule has 0 aliphatic heterocycles. The second kappa shape index (κ2) is 7.01. The summed E-state index contributed by atoms with van der Waals surface area (Å²) in [6.45, 7) is 0.728. The number of aromatic nitrogens is 4. The largest absolute Gasteiger partial charge is 0.381 e. The van der Waals surface area contributed by atoms with Crippen LogP contribution in [0.5, 0.6) is 0 Å². The van der Waals surface area contributed by atoms with E-state index in [1.165, 1.54) is 0 Å². The fourth-order valence-corrected chi connectivity index (χ4v) is 2.85. The molecule has 2 N–H and O–H groups in total. The van der Waals surface area contributed by atoms with Crippen LogP contribution in [0.3, 0.4) is 0 Å². The van der Waals surface area contributed by atoms with E-state index in [1.54, 1.807) is 23.1 Å². The van der Waals surface area contributed by atoms with E-state index in [2.05, 4.69) is 37.8 Å². The Morgan fingerprint density at radius 1 is 1.04 bits per heavy atom. The standard InChI is InChI=1S/C19H17ClN6/c1-26-12-13(10-24-26)9-22-15-2-4-17-14(8-15)6-7-21-19(17)25-16-3-5-18(20)23-11-16/h2-8,10-12,22H,9H2,1H3,(H,21,25). The van der Waals surface area contributed by atoms with Gasteiger partial charge in [-0.2, -0.15) is 5.10 Å². The van der Waals surface area contributed by atoms with Crippen LogP contribution in [0.1, 0.15) is 5.56 Å². The number of benzene rings is 1. The summed E-state index contributed by atoms with van der Waals surface area (Å²) in [5, 5.41) is 13.5. The van der Waals surface area contributed by atoms with Crippen LogP contribution in [0.15, 0.2) is 61.2 Å². The molecule has 4 rings (SSSR count). The number of rotatable bonds is 5. The third kappa shape index (κ3) is 3.60. The van der Waals surface area contributed by atoms with Crippen molar-refractivity contribution in [2.45, 2.75) is 6.54 Å². The number of nitrogens with one attached hydrogen (secondary N) is 2. The van der Waals surface area contributed by atoms with Crippen molar-refractivity contribution in [2.75, 3.05) is 10.6 Å². The molecule has 4 aromatic rings. The fourth-order valence-electron chi connectivity index (χ4n) is 2.74. The lowest BCUT2D eigenvalue weighted by molar-refractivity contribution is 0.767. The number of nitrogens with zero attached hydrogens (tertiary/aromatic N) is 4. The quantitative estimate of drug-likeness (QED) is 0.514. The molecule has 0 unspecified atom stereocenters. The van der Waals surface area contributed by atoms with Gasteiger partial charge < -0.3 is 10.6 Å². The molecule has 1 aromatic carbocycles. The molecule has 0 atom stereocenters. The average Bonchev–Trinajstić information content (AvgIpc) is 3.07. The SMILES string of the molecule is Cn1cc(CNc2ccc3c(Nc4ccc(Cl)nc4)nccc3c2)cn1. The highest BCUT2D eigenvalue weighted by atomic mass is 35.5. The number of pyridine rings is 2. The van der Waals surface area contributed by atoms with Crippen LogP contribution in [0.2, 0.25) is 5.15 Å². The summed E-state index contributed by atoms with van der Waals surface area (Å²) in [5.74, 6) is 0.783. The second-order valence-electron chi connectivity index (χ2n) is 5.97. The fraction of sp³-hybridized carbons (Fsp3) is 0.105. The summed E-state index contributed by atoms with van der Waals surface area (Å²) in [7, 11) is 1.91. The number of halogens is 1. The Bertz CT molecular complexity index is 1040. The summed E-state index contributed by atoms with van der Waals surface area (Å²) in [6.07, 6.45) is 7.34. The lowest BCUT2D eigenvalue weighted by Gasteiger charge is -2.11. The van der Waals surface area contributed by atoms with Gasteiger partial charge in [-0.15, -0.1) is 0 Å². The maximum Gasteiger partial charge on any atom is 0.138 e. The zero-order valence-electron chi connectivity index (χ0n) is 14.1. The topological polar surface area (TPSA) is 67.7 Å². The van der Waals surface area contributed by atoms with E-state index < -0.39 is 0 Å². The van der Waals surface area contributed by atoms with Gasteiger partial charge in [0.05, 0.1) is 18.1 Å². The molecule has 0 saturated carbocycles. The highest BCUT2D eigenvalue weighted by molar-refractivity contribution is 6.29. The minimum Gasteiger partial charge on any atom is -0.381 e. The van der Waals surface area contributed by atoms with Gasteiger partial charge in [0.15, 0.2) is 0 Å². The highest BCUT2D eigenvalue weighted by Gasteiger charge is 2.05. The molecular weight excluding hydrogens is 348 g/mol. The molecule has 0 aliphatic carbocycles. The first kappa shape index (κ1) is 16.4. The Balaban J connectivity index is 1.56. The normalized spacial score (nSPS) is 10.8. The molecule has 0 radical (unpaired) electrons. The summed E-state index contributed by atoms with van der Waals surface area (Å²) in [5.41, 5.74) is 3.03. The van der Waals surface area contributed by atoms with Crippen LogP contribution in [0, 0.1) is 0 Å². The Morgan fingerprint density at radius 2 is 1.92 bits per heavy atom. The lowest BCUT2D eigenvalue weighted by atomic mass is 10.1. The van der Waals surface area contributed by atoms with E-state index in [0.717, 1.165) is 40.1 Å². The van der Waals surface area contributed by atoms with E-state index in [4.69, 9.17) is 11.6 Å². The summed E-state index contributed by atoms with van der Waals surface area (Å²) < 4.78 is 1.80. The predicted molar refractivity (Wildman–Crippen MR) is 105 cm³/mol. The molecule has 0 spiro atoms. The van der Waals surface area contributed by atoms with E-state index in [-0.39, 0.29) is 0 Å². The smallest absolute Gasteiger partial charge is 0.138 e. The number of anilines is 3. The van der Waals surface area contributed by atoms with Crippen molar-refractivity contribution in [1.29, 1.82) is 0 Å². The van der Waals surface area contributed by atoms with Gasteiger partial charge in [-0.05, 0) is 41.8 Å². The first-order valence-electron chi connectivity index (χ1n) is 8.16. The maximum absolute atomic E-state index is 5.84. The molecule has 7 heteroatoms. The molecule has 3 aromatic heterocycles. The monoisotopic (exact) mass is 364 g/mol. The zero-order chi connectivity index (χ0) is 17.9. The van der Waals surface area contributed by atoms with Crippen LogP contribution < -0.4 is 10.6 Å². The highest BCUT2D eigenvalue weighted by Crippen LogP contribution is 2.27. The maximum atomic E-state index is 5.84. The number of fused-ring (bicyclic) bond motifs is 1. The van der Waals surface area contributed by atoms with Crippen molar-refractivity contribution < 1.29 is 0 Å². The molecule has 0 saturated heterocycles. The van der Waals surface area contributed by atoms with Crippen LogP contribution in [-0.4, -0.2) is 19.7 Å². The van der Waals surface area contributed by atoms with Gasteiger partial charge in [0.2, 0.25) is 0 Å². The van der Waals surface area contributed by atoms with Crippen molar-refractivity contribution in [2.24, 2.45) is 7.05 Å². The third-order valence-corrected chi connectivity index (χ3v) is 4.23. The summed E-state index contributed by atoms with van der Waals surface area (Å²) in [6, 6.07) is 11.8. The van der Waals surface area contributed by atoms with Crippen molar-refractivity contribution in [3.63, 3.8) is 0 Å². The molecule has 0 fully saturated rings. The Kier molecular flexibility index (Phi) is 4.41. The first-order chi connectivity index (χ1) is 12.7. The molecule has 26 heavy (non-hydrogen) atoms. The Morgan fingerprint density at radius 3 is 2.69 bits per heavy atom. The Hall–Kier alpha value is -3.12. The van der Waals surface area contributed by atoms with E-state index in [1.807, 2.05) is 37.6 Å². The number of aryl methyl sites for hydroxylation is 1. The minimum atomic E-state index is 0.464. The predicted octanol–water partition coefficient (Wildman–Crippen LogP) is 4.37. The molecule has 0 bridgehead atoms. The first-order valence-corrected chi connectivity index (χ1v) is 8.54. The van der Waals surface area contributed by atoms with Crippen LogP contribution >= 0.6 is 11.6 Å². The summed E-state index contributed by atoms with van der Waals surface area (Å²) >= 11 is 5.84. The van der Waals surface area contributed by atoms with Crippen molar-refractivity contribution in [1.82, 2.24) is 19.7 Å². The van der Waals surface area contributed by atoms with E-state index >= 15 is 0 Å². The number of hydrogen-bond acceptors (Lipinski definition) is 5. The second-order valence-corrected chi connectivity index (χ2v) is 6.35. The Labute approximate surface area is 155 Å². The van der Waals surface area contributed by atoms with Crippen LogP contribution in [0.25, 0.3) is 10.8 Å². The van der Waals surface area contributed by atoms with Crippen LogP contribution in [-0.2, 0) is 13.6 Å². The van der Waals surface area contributed by atoms with Gasteiger partial charge >= 0.3 is 0 Å². The van der Waals surface area contributed by atoms with Gasteiger partial charge in [-0.25, -0.2) is 9.97 Å². The van der Waals surface area contributed by atoms with Gasteiger partial charge in [0.25, 0.3) is 0 Å². The average molecular weight is 365 g/mol. The molecule has 0 amide bonds. The summed E-state index contributed by atoms with van der Waals surface area (Å²) in [4.78, 5) is 8.53. The molecule has 0 aliphatic rings. The molecule has 3 heterocycles. The number of hydrogen-bond donors (Lipinski definition) is 2. The van der Waals surface area contributed by atoms with Gasteiger partial charge in [-0.1, -0.05) is 11.6 Å². The lowest BCUT2D eigenvalue weighted by Crippen LogP contribution is -1.99. The van der Waals surface area contributed by atoms with E-state index in [9.17, 15) is 0 Å². The minimum absolute atomic E-state index is 0.464. The zero-order valence-corrected chi connectivity index (χ0v) is 14.9. The van der Waals surface area contributed by atoms with Crippen molar-refractivity contribution in [3.8, 4) is 0 Å². The molecular formula is C19H17ClN6. The van der Waals surface area contributed by atoms with Gasteiger partial charge in [-0.3, -0.25) is 4.68 Å². The van der Waals surface area contributed by atoms with E-state index in [0.29, 0.717) is 5.15 Å². The molecule has 130 valence electrons. The van der Waals surface area contributed by atoms with Gasteiger partial charge in [0.1, 0.15) is 11.0 Å². The van der Waals surface area contributed by atoms with Crippen LogP contribution in [0.4, 0.5) is 17.2 Å². The van der Waals surface area contributed by atoms with Gasteiger partial charge in [0, 0.05) is 42.6 Å². The third-order valence-electron chi connectivity index (χ3n) is 4.01. The van der Waals surface area contributed by atoms with Crippen molar-refractivity contribution >= 4 is 39.6 Å².